The van der Waals surface area contributed by atoms with Crippen LogP contribution in [0.25, 0.3) is 0 Å². The molecule has 32 heavy (non-hydrogen) atoms. The van der Waals surface area contributed by atoms with Crippen LogP contribution in [0.5, 0.6) is 5.75 Å². The zero-order valence-corrected chi connectivity index (χ0v) is 20.2. The van der Waals surface area contributed by atoms with Crippen molar-refractivity contribution in [3.63, 3.8) is 0 Å². The molecule has 3 aromatic carbocycles. The maximum Gasteiger partial charge on any atom is 0.236 e. The molecule has 2 bridgehead atoms. The summed E-state index contributed by atoms with van der Waals surface area (Å²) in [4.78, 5) is 15.6. The summed E-state index contributed by atoms with van der Waals surface area (Å²) in [7, 11) is 0. The Hall–Kier alpha value is -2.61. The number of halogens is 2. The van der Waals surface area contributed by atoms with Crippen molar-refractivity contribution < 1.29 is 9.53 Å². The van der Waals surface area contributed by atoms with Gasteiger partial charge < -0.3 is 15.4 Å². The Morgan fingerprint density at radius 2 is 1.91 bits per heavy atom. The lowest BCUT2D eigenvalue weighted by Gasteiger charge is -2.56. The summed E-state index contributed by atoms with van der Waals surface area (Å²) >= 11 is 15.3. The number of nitrogens with zero attached hydrogens (tertiary/aromatic N) is 1. The Morgan fingerprint density at radius 1 is 1.16 bits per heavy atom. The van der Waals surface area contributed by atoms with Gasteiger partial charge in [-0.25, -0.2) is 0 Å². The quantitative estimate of drug-likeness (QED) is 0.415. The van der Waals surface area contributed by atoms with Crippen LogP contribution < -0.4 is 20.3 Å². The van der Waals surface area contributed by atoms with Gasteiger partial charge in [-0.15, -0.1) is 0 Å². The van der Waals surface area contributed by atoms with E-state index in [1.54, 1.807) is 24.3 Å². The fraction of sp³-hybridized carbons (Fsp3) is 0.167. The van der Waals surface area contributed by atoms with Crippen molar-refractivity contribution in [2.24, 2.45) is 5.92 Å². The number of ether oxygens (including phenoxy) is 1. The van der Waals surface area contributed by atoms with Gasteiger partial charge in [-0.05, 0) is 67.7 Å². The maximum absolute atomic E-state index is 13.7. The van der Waals surface area contributed by atoms with Crippen molar-refractivity contribution in [2.45, 2.75) is 18.7 Å². The average Bonchev–Trinajstić information content (AvgIpc) is 2.74. The van der Waals surface area contributed by atoms with Crippen molar-refractivity contribution in [3.8, 4) is 5.75 Å². The molecular weight excluding hydrogens is 510 g/mol. The highest BCUT2D eigenvalue weighted by Gasteiger charge is 2.59. The second kappa shape index (κ2) is 8.06. The van der Waals surface area contributed by atoms with E-state index in [-0.39, 0.29) is 11.9 Å². The second-order valence-corrected chi connectivity index (χ2v) is 9.65. The van der Waals surface area contributed by atoms with Crippen LogP contribution in [-0.2, 0) is 4.79 Å². The molecule has 3 atom stereocenters. The Bertz CT molecular complexity index is 1220. The molecule has 0 spiro atoms. The molecule has 2 N–H and O–H groups in total. The number of carbonyl (C=O) groups is 1. The van der Waals surface area contributed by atoms with E-state index in [4.69, 9.17) is 28.6 Å². The number of nitrogens with one attached hydrogen (secondary N) is 2. The van der Waals surface area contributed by atoms with Gasteiger partial charge in [0.1, 0.15) is 11.7 Å². The molecule has 5 nitrogen and oxygen atoms in total. The molecule has 0 radical (unpaired) electrons. The monoisotopic (exact) mass is 527 g/mol. The molecule has 0 aromatic heterocycles. The van der Waals surface area contributed by atoms with E-state index in [2.05, 4.69) is 26.6 Å². The second-order valence-electron chi connectivity index (χ2n) is 7.91. The molecule has 2 heterocycles. The van der Waals surface area contributed by atoms with Crippen molar-refractivity contribution in [1.82, 2.24) is 5.32 Å². The average molecular weight is 529 g/mol. The van der Waals surface area contributed by atoms with Crippen LogP contribution in [0.2, 0.25) is 5.02 Å². The Morgan fingerprint density at radius 3 is 2.66 bits per heavy atom. The number of amides is 1. The molecule has 3 aromatic rings. The summed E-state index contributed by atoms with van der Waals surface area (Å²) in [6.07, 6.45) is 0. The highest BCUT2D eigenvalue weighted by molar-refractivity contribution is 9.10. The normalized spacial score (nSPS) is 23.6. The lowest BCUT2D eigenvalue weighted by molar-refractivity contribution is -0.130. The molecule has 0 saturated carbocycles. The third kappa shape index (κ3) is 3.54. The van der Waals surface area contributed by atoms with E-state index >= 15 is 0 Å². The summed E-state index contributed by atoms with van der Waals surface area (Å²) in [6, 6.07) is 22.2. The first-order valence-corrected chi connectivity index (χ1v) is 11.7. The lowest BCUT2D eigenvalue weighted by Crippen LogP contribution is -2.72. The van der Waals surface area contributed by atoms with E-state index in [9.17, 15) is 4.79 Å². The van der Waals surface area contributed by atoms with Gasteiger partial charge in [0, 0.05) is 26.4 Å². The van der Waals surface area contributed by atoms with Crippen molar-refractivity contribution in [3.05, 3.63) is 87.9 Å². The fourth-order valence-electron chi connectivity index (χ4n) is 4.49. The van der Waals surface area contributed by atoms with Crippen molar-refractivity contribution in [2.75, 3.05) is 10.2 Å². The van der Waals surface area contributed by atoms with E-state index in [1.807, 2.05) is 60.4 Å². The minimum atomic E-state index is -1.06. The van der Waals surface area contributed by atoms with Crippen LogP contribution in [0.4, 0.5) is 11.4 Å². The predicted molar refractivity (Wildman–Crippen MR) is 134 cm³/mol. The number of rotatable bonds is 3. The molecule has 0 unspecified atom stereocenters. The Labute approximate surface area is 204 Å². The van der Waals surface area contributed by atoms with E-state index in [1.165, 1.54) is 0 Å². The van der Waals surface area contributed by atoms with Crippen LogP contribution in [0.1, 0.15) is 18.5 Å². The van der Waals surface area contributed by atoms with Gasteiger partial charge in [0.15, 0.2) is 10.8 Å². The summed E-state index contributed by atoms with van der Waals surface area (Å²) < 4.78 is 7.46. The number of hydrogen-bond donors (Lipinski definition) is 2. The van der Waals surface area contributed by atoms with Gasteiger partial charge in [-0.1, -0.05) is 51.8 Å². The number of benzene rings is 3. The molecule has 5 rings (SSSR count). The summed E-state index contributed by atoms with van der Waals surface area (Å²) in [5, 5.41) is 7.53. The molecule has 8 heteroatoms. The van der Waals surface area contributed by atoms with Gasteiger partial charge >= 0.3 is 0 Å². The van der Waals surface area contributed by atoms with Gasteiger partial charge in [0.05, 0.1) is 6.04 Å². The van der Waals surface area contributed by atoms with E-state index < -0.39 is 11.6 Å². The first kappa shape index (κ1) is 21.2. The van der Waals surface area contributed by atoms with Gasteiger partial charge in [0.25, 0.3) is 0 Å². The lowest BCUT2D eigenvalue weighted by atomic mass is 9.78. The molecule has 1 fully saturated rings. The minimum absolute atomic E-state index is 0.177. The van der Waals surface area contributed by atoms with Crippen LogP contribution in [0, 0.1) is 5.92 Å². The van der Waals surface area contributed by atoms with Crippen LogP contribution in [0.15, 0.2) is 77.3 Å². The summed E-state index contributed by atoms with van der Waals surface area (Å²) in [6.45, 7) is 1.91. The third-order valence-corrected chi connectivity index (χ3v) is 6.91. The first-order chi connectivity index (χ1) is 15.4. The molecule has 0 aliphatic carbocycles. The molecule has 1 amide bonds. The Balaban J connectivity index is 1.61. The van der Waals surface area contributed by atoms with Crippen LogP contribution >= 0.6 is 39.7 Å². The van der Waals surface area contributed by atoms with Crippen LogP contribution in [-0.4, -0.2) is 16.7 Å². The Kier molecular flexibility index (Phi) is 5.35. The number of thiocarbonyl (C=S) groups is 1. The van der Waals surface area contributed by atoms with Gasteiger partial charge in [-0.2, -0.15) is 0 Å². The third-order valence-electron chi connectivity index (χ3n) is 5.87. The van der Waals surface area contributed by atoms with Crippen molar-refractivity contribution in [1.29, 1.82) is 0 Å². The van der Waals surface area contributed by atoms with Crippen LogP contribution in [0.3, 0.4) is 0 Å². The SMILES string of the molecule is C[C@@]12Oc3ccccc3[C@@H](NC(=S)N1c1cccc(Br)c1)[C@H]2C(=O)Nc1ccc(Cl)cc1. The molecule has 162 valence electrons. The highest BCUT2D eigenvalue weighted by atomic mass is 79.9. The smallest absolute Gasteiger partial charge is 0.236 e. The fourth-order valence-corrected chi connectivity index (χ4v) is 5.41. The maximum atomic E-state index is 13.7. The zero-order chi connectivity index (χ0) is 22.5. The number of carbonyl (C=O) groups excluding carboxylic acids is 1. The minimum Gasteiger partial charge on any atom is -0.467 e. The summed E-state index contributed by atoms with van der Waals surface area (Å²) in [5.41, 5.74) is 1.33. The van der Waals surface area contributed by atoms with E-state index in [0.717, 1.165) is 21.5 Å². The number of anilines is 2. The number of fused-ring (bicyclic) bond motifs is 4. The molecule has 2 aliphatic rings. The zero-order valence-electron chi connectivity index (χ0n) is 17.0. The van der Waals surface area contributed by atoms with E-state index in [0.29, 0.717) is 15.8 Å². The first-order valence-electron chi connectivity index (χ1n) is 10.1. The van der Waals surface area contributed by atoms with Crippen molar-refractivity contribution >= 4 is 62.1 Å². The topological polar surface area (TPSA) is 53.6 Å². The summed E-state index contributed by atoms with van der Waals surface area (Å²) in [5.74, 6) is -0.0476. The molecule has 2 aliphatic heterocycles. The highest BCUT2D eigenvalue weighted by Crippen LogP contribution is 2.49. The molecular formula is C24H19BrClN3O2S. The molecule has 1 saturated heterocycles. The number of hydrogen-bond acceptors (Lipinski definition) is 3. The van der Waals surface area contributed by atoms with Gasteiger partial charge in [-0.3, -0.25) is 9.69 Å². The predicted octanol–water partition coefficient (Wildman–Crippen LogP) is 5.90. The standard InChI is InChI=1S/C24H19BrClN3O2S/c1-24-20(22(30)27-16-11-9-15(26)10-12-16)21(18-7-2-3-8-19(18)31-24)28-23(32)29(24)17-6-4-5-14(25)13-17/h2-13,20-21H,1H3,(H,27,30)(H,28,32)/t20-,21+,24-/m0/s1. The van der Waals surface area contributed by atoms with Gasteiger partial charge in [0.2, 0.25) is 5.91 Å². The largest absolute Gasteiger partial charge is 0.467 e. The number of para-hydroxylation sites is 1.